The molecule has 0 bridgehead atoms. The average molecular weight is 220 g/mol. The first-order valence-electron chi connectivity index (χ1n) is 6.14. The molecule has 2 rings (SSSR count). The lowest BCUT2D eigenvalue weighted by atomic mass is 9.78. The second kappa shape index (κ2) is 5.30. The number of hydrogen-bond acceptors (Lipinski definition) is 3. The molecule has 1 heterocycles. The smallest absolute Gasteiger partial charge is 0.137 e. The van der Waals surface area contributed by atoms with Crippen LogP contribution in [0.3, 0.4) is 0 Å². The van der Waals surface area contributed by atoms with Crippen LogP contribution in [0.25, 0.3) is 0 Å². The summed E-state index contributed by atoms with van der Waals surface area (Å²) in [7, 11) is 0. The fourth-order valence-electron chi connectivity index (χ4n) is 1.99. The molecule has 1 aliphatic rings. The number of hydrogen-bond donors (Lipinski definition) is 1. The van der Waals surface area contributed by atoms with Crippen LogP contribution in [-0.2, 0) is 0 Å². The minimum atomic E-state index is 0.131. The van der Waals surface area contributed by atoms with E-state index in [1.807, 2.05) is 12.3 Å². The molecule has 1 aromatic heterocycles. The summed E-state index contributed by atoms with van der Waals surface area (Å²) in [5, 5.41) is 0. The fraction of sp³-hybridized carbons (Fsp3) is 0.615. The van der Waals surface area contributed by atoms with Gasteiger partial charge < -0.3 is 10.5 Å². The maximum Gasteiger partial charge on any atom is 0.137 e. The van der Waals surface area contributed by atoms with Crippen molar-refractivity contribution in [2.75, 3.05) is 6.61 Å². The Bertz CT molecular complexity index is 336. The zero-order valence-corrected chi connectivity index (χ0v) is 9.86. The predicted octanol–water partition coefficient (Wildman–Crippen LogP) is 2.67. The minimum absolute atomic E-state index is 0.131. The molecular weight excluding hydrogens is 200 g/mol. The molecule has 3 nitrogen and oxygen atoms in total. The van der Waals surface area contributed by atoms with Gasteiger partial charge in [0.25, 0.3) is 0 Å². The molecule has 0 spiro atoms. The van der Waals surface area contributed by atoms with Crippen molar-refractivity contribution in [2.45, 2.75) is 38.6 Å². The lowest BCUT2D eigenvalue weighted by molar-refractivity contribution is 0.262. The van der Waals surface area contributed by atoms with Gasteiger partial charge in [0.1, 0.15) is 5.75 Å². The number of aromatic nitrogens is 1. The molecule has 2 N–H and O–H groups in total. The maximum absolute atomic E-state index is 6.20. The Morgan fingerprint density at radius 3 is 2.94 bits per heavy atom. The standard InChI is InChI=1S/C13H20N2O/c1-2-6-16-12-7-11(8-15-9-12)13(14)10-4-3-5-10/h7-10,13H,2-6,14H2,1H3. The Labute approximate surface area is 97.0 Å². The van der Waals surface area contributed by atoms with Crippen molar-refractivity contribution in [1.29, 1.82) is 0 Å². The Morgan fingerprint density at radius 1 is 1.50 bits per heavy atom. The Hall–Kier alpha value is -1.09. The molecule has 0 saturated heterocycles. The van der Waals surface area contributed by atoms with Crippen molar-refractivity contribution in [1.82, 2.24) is 4.98 Å². The summed E-state index contributed by atoms with van der Waals surface area (Å²) >= 11 is 0. The largest absolute Gasteiger partial charge is 0.492 e. The number of rotatable bonds is 5. The van der Waals surface area contributed by atoms with E-state index in [0.29, 0.717) is 5.92 Å². The molecule has 0 radical (unpaired) electrons. The third kappa shape index (κ3) is 2.53. The number of nitrogens with two attached hydrogens (primary N) is 1. The van der Waals surface area contributed by atoms with Crippen molar-refractivity contribution in [3.63, 3.8) is 0 Å². The summed E-state index contributed by atoms with van der Waals surface area (Å²) in [6.45, 7) is 2.83. The lowest BCUT2D eigenvalue weighted by Crippen LogP contribution is -2.26. The van der Waals surface area contributed by atoms with Gasteiger partial charge in [-0.25, -0.2) is 0 Å². The summed E-state index contributed by atoms with van der Waals surface area (Å²) in [5.74, 6) is 1.48. The van der Waals surface area contributed by atoms with Crippen LogP contribution in [0.1, 0.15) is 44.2 Å². The van der Waals surface area contributed by atoms with E-state index >= 15 is 0 Å². The molecule has 88 valence electrons. The van der Waals surface area contributed by atoms with Gasteiger partial charge in [-0.15, -0.1) is 0 Å². The van der Waals surface area contributed by atoms with Gasteiger partial charge >= 0.3 is 0 Å². The third-order valence-electron chi connectivity index (χ3n) is 3.25. The molecule has 1 unspecified atom stereocenters. The first-order valence-corrected chi connectivity index (χ1v) is 6.14. The second-order valence-electron chi connectivity index (χ2n) is 4.52. The van der Waals surface area contributed by atoms with Gasteiger partial charge in [0.05, 0.1) is 12.8 Å². The quantitative estimate of drug-likeness (QED) is 0.830. The molecule has 3 heteroatoms. The molecule has 0 aromatic carbocycles. The molecular formula is C13H20N2O. The lowest BCUT2D eigenvalue weighted by Gasteiger charge is -2.31. The van der Waals surface area contributed by atoms with Gasteiger partial charge in [0, 0.05) is 12.2 Å². The molecule has 1 saturated carbocycles. The van der Waals surface area contributed by atoms with Crippen LogP contribution in [0.4, 0.5) is 0 Å². The summed E-state index contributed by atoms with van der Waals surface area (Å²) in [6, 6.07) is 2.16. The van der Waals surface area contributed by atoms with E-state index in [-0.39, 0.29) is 6.04 Å². The Balaban J connectivity index is 2.02. The van der Waals surface area contributed by atoms with Crippen molar-refractivity contribution >= 4 is 0 Å². The summed E-state index contributed by atoms with van der Waals surface area (Å²) < 4.78 is 5.56. The normalized spacial score (nSPS) is 17.9. The van der Waals surface area contributed by atoms with Gasteiger partial charge in [-0.3, -0.25) is 4.98 Å². The van der Waals surface area contributed by atoms with E-state index in [1.165, 1.54) is 19.3 Å². The molecule has 16 heavy (non-hydrogen) atoms. The predicted molar refractivity (Wildman–Crippen MR) is 64.3 cm³/mol. The van der Waals surface area contributed by atoms with Crippen LogP contribution in [0.15, 0.2) is 18.5 Å². The maximum atomic E-state index is 6.20. The zero-order valence-electron chi connectivity index (χ0n) is 9.86. The zero-order chi connectivity index (χ0) is 11.4. The Morgan fingerprint density at radius 2 is 2.31 bits per heavy atom. The first-order chi connectivity index (χ1) is 7.81. The molecule has 0 aliphatic heterocycles. The number of pyridine rings is 1. The van der Waals surface area contributed by atoms with E-state index in [4.69, 9.17) is 10.5 Å². The average Bonchev–Trinajstić information content (AvgIpc) is 2.24. The SMILES string of the molecule is CCCOc1cncc(C(N)C2CCC2)c1. The molecule has 1 fully saturated rings. The van der Waals surface area contributed by atoms with E-state index < -0.39 is 0 Å². The first kappa shape index (κ1) is 11.4. The highest BCUT2D eigenvalue weighted by Crippen LogP contribution is 2.36. The van der Waals surface area contributed by atoms with Crippen LogP contribution in [0.5, 0.6) is 5.75 Å². The third-order valence-corrected chi connectivity index (χ3v) is 3.25. The topological polar surface area (TPSA) is 48.1 Å². The fourth-order valence-corrected chi connectivity index (χ4v) is 1.99. The van der Waals surface area contributed by atoms with Gasteiger partial charge in [-0.1, -0.05) is 13.3 Å². The molecule has 1 atom stereocenters. The monoisotopic (exact) mass is 220 g/mol. The van der Waals surface area contributed by atoms with E-state index in [1.54, 1.807) is 6.20 Å². The van der Waals surface area contributed by atoms with E-state index in [0.717, 1.165) is 24.3 Å². The molecule has 1 aliphatic carbocycles. The van der Waals surface area contributed by atoms with Crippen molar-refractivity contribution in [2.24, 2.45) is 11.7 Å². The van der Waals surface area contributed by atoms with Crippen LogP contribution in [0.2, 0.25) is 0 Å². The van der Waals surface area contributed by atoms with Crippen LogP contribution < -0.4 is 10.5 Å². The van der Waals surface area contributed by atoms with Gasteiger partial charge in [-0.05, 0) is 36.8 Å². The minimum Gasteiger partial charge on any atom is -0.492 e. The number of nitrogens with zero attached hydrogens (tertiary/aromatic N) is 1. The molecule has 1 aromatic rings. The summed E-state index contributed by atoms with van der Waals surface area (Å²) in [6.07, 6.45) is 8.45. The second-order valence-corrected chi connectivity index (χ2v) is 4.52. The molecule has 0 amide bonds. The highest BCUT2D eigenvalue weighted by Gasteiger charge is 2.25. The summed E-state index contributed by atoms with van der Waals surface area (Å²) in [5.41, 5.74) is 7.31. The van der Waals surface area contributed by atoms with Crippen LogP contribution in [-0.4, -0.2) is 11.6 Å². The van der Waals surface area contributed by atoms with Gasteiger partial charge in [0.15, 0.2) is 0 Å². The number of ether oxygens (including phenoxy) is 1. The van der Waals surface area contributed by atoms with Crippen LogP contribution >= 0.6 is 0 Å². The van der Waals surface area contributed by atoms with Crippen LogP contribution in [0, 0.1) is 5.92 Å². The van der Waals surface area contributed by atoms with Gasteiger partial charge in [-0.2, -0.15) is 0 Å². The highest BCUT2D eigenvalue weighted by molar-refractivity contribution is 5.26. The van der Waals surface area contributed by atoms with Crippen molar-refractivity contribution < 1.29 is 4.74 Å². The Kier molecular flexibility index (Phi) is 3.78. The van der Waals surface area contributed by atoms with E-state index in [2.05, 4.69) is 11.9 Å². The van der Waals surface area contributed by atoms with Crippen molar-refractivity contribution in [3.05, 3.63) is 24.0 Å². The van der Waals surface area contributed by atoms with Gasteiger partial charge in [0.2, 0.25) is 0 Å². The van der Waals surface area contributed by atoms with E-state index in [9.17, 15) is 0 Å². The van der Waals surface area contributed by atoms with Crippen molar-refractivity contribution in [3.8, 4) is 5.75 Å². The highest BCUT2D eigenvalue weighted by atomic mass is 16.5. The summed E-state index contributed by atoms with van der Waals surface area (Å²) in [4.78, 5) is 4.19.